The van der Waals surface area contributed by atoms with Crippen LogP contribution in [0.2, 0.25) is 10.0 Å². The molecular weight excluding hydrogens is 365 g/mol. The molecule has 0 saturated heterocycles. The molecule has 0 radical (unpaired) electrons. The number of hydrogen-bond donors (Lipinski definition) is 2. The van der Waals surface area contributed by atoms with E-state index in [-0.39, 0.29) is 0 Å². The molecule has 2 N–H and O–H groups in total. The highest BCUT2D eigenvalue weighted by molar-refractivity contribution is 6.42. The zero-order valence-corrected chi connectivity index (χ0v) is 14.8. The van der Waals surface area contributed by atoms with E-state index in [2.05, 4.69) is 25.9 Å². The van der Waals surface area contributed by atoms with E-state index < -0.39 is 0 Å². The molecule has 0 unspecified atom stereocenters. The monoisotopic (exact) mass is 379 g/mol. The SMILES string of the molecule is COc1cc(CNc2nn[nH]n2)ccc1OCc1ccc(Cl)c(Cl)c1. The van der Waals surface area contributed by atoms with Crippen LogP contribution in [0.1, 0.15) is 11.1 Å². The van der Waals surface area contributed by atoms with Gasteiger partial charge >= 0.3 is 0 Å². The first-order valence-corrected chi connectivity index (χ1v) is 8.12. The van der Waals surface area contributed by atoms with Crippen molar-refractivity contribution >= 4 is 29.2 Å². The van der Waals surface area contributed by atoms with Crippen LogP contribution in [-0.2, 0) is 13.2 Å². The highest BCUT2D eigenvalue weighted by Crippen LogP contribution is 2.30. The van der Waals surface area contributed by atoms with Gasteiger partial charge in [-0.05, 0) is 40.6 Å². The van der Waals surface area contributed by atoms with Crippen molar-refractivity contribution in [1.82, 2.24) is 20.6 Å². The Bertz CT molecular complexity index is 843. The number of nitrogens with one attached hydrogen (secondary N) is 2. The Kier molecular flexibility index (Phi) is 5.57. The third-order valence-corrected chi connectivity index (χ3v) is 4.14. The Morgan fingerprint density at radius 3 is 2.60 bits per heavy atom. The van der Waals surface area contributed by atoms with Crippen molar-refractivity contribution in [2.24, 2.45) is 0 Å². The molecule has 25 heavy (non-hydrogen) atoms. The molecule has 7 nitrogen and oxygen atoms in total. The van der Waals surface area contributed by atoms with Crippen LogP contribution in [0.5, 0.6) is 11.5 Å². The van der Waals surface area contributed by atoms with Gasteiger partial charge in [-0.25, -0.2) is 0 Å². The van der Waals surface area contributed by atoms with Crippen molar-refractivity contribution < 1.29 is 9.47 Å². The molecule has 1 heterocycles. The van der Waals surface area contributed by atoms with E-state index in [1.165, 1.54) is 0 Å². The standard InChI is InChI=1S/C16H15Cl2N5O2/c1-24-15-7-10(8-19-16-20-22-23-21-16)3-5-14(15)25-9-11-2-4-12(17)13(18)6-11/h2-7H,8-9H2,1H3,(H2,19,20,21,22,23). The van der Waals surface area contributed by atoms with Crippen LogP contribution in [0.25, 0.3) is 0 Å². The average molecular weight is 380 g/mol. The van der Waals surface area contributed by atoms with E-state index in [1.54, 1.807) is 19.2 Å². The number of H-pyrrole nitrogens is 1. The second kappa shape index (κ2) is 8.04. The minimum Gasteiger partial charge on any atom is -0.493 e. The van der Waals surface area contributed by atoms with Gasteiger partial charge < -0.3 is 14.8 Å². The summed E-state index contributed by atoms with van der Waals surface area (Å²) in [6.07, 6.45) is 0. The summed E-state index contributed by atoms with van der Waals surface area (Å²) in [5.74, 6) is 1.70. The minimum absolute atomic E-state index is 0.355. The molecular formula is C16H15Cl2N5O2. The average Bonchev–Trinajstić information content (AvgIpc) is 3.15. The molecule has 0 aliphatic heterocycles. The maximum Gasteiger partial charge on any atom is 0.263 e. The number of halogens is 2. The van der Waals surface area contributed by atoms with Crippen LogP contribution in [0.4, 0.5) is 5.95 Å². The van der Waals surface area contributed by atoms with Gasteiger partial charge in [-0.3, -0.25) is 0 Å². The lowest BCUT2D eigenvalue weighted by Crippen LogP contribution is -2.03. The van der Waals surface area contributed by atoms with Crippen molar-refractivity contribution in [3.05, 3.63) is 57.6 Å². The maximum absolute atomic E-state index is 6.02. The molecule has 0 amide bonds. The fourth-order valence-electron chi connectivity index (χ4n) is 2.15. The first-order valence-electron chi connectivity index (χ1n) is 7.36. The van der Waals surface area contributed by atoms with Crippen molar-refractivity contribution in [3.8, 4) is 11.5 Å². The van der Waals surface area contributed by atoms with Gasteiger partial charge in [-0.2, -0.15) is 5.21 Å². The summed E-state index contributed by atoms with van der Waals surface area (Å²) < 4.78 is 11.2. The highest BCUT2D eigenvalue weighted by Gasteiger charge is 2.08. The van der Waals surface area contributed by atoms with Gasteiger partial charge in [0.1, 0.15) is 6.61 Å². The number of ether oxygens (including phenoxy) is 2. The number of hydrogen-bond acceptors (Lipinski definition) is 6. The molecule has 9 heteroatoms. The summed E-state index contributed by atoms with van der Waals surface area (Å²) in [4.78, 5) is 0. The summed E-state index contributed by atoms with van der Waals surface area (Å²) >= 11 is 11.9. The summed E-state index contributed by atoms with van der Waals surface area (Å²) in [6, 6.07) is 11.1. The van der Waals surface area contributed by atoms with E-state index in [0.29, 0.717) is 40.6 Å². The summed E-state index contributed by atoms with van der Waals surface area (Å²) in [5, 5.41) is 17.6. The minimum atomic E-state index is 0.355. The van der Waals surface area contributed by atoms with Gasteiger partial charge in [0.25, 0.3) is 5.95 Å². The highest BCUT2D eigenvalue weighted by atomic mass is 35.5. The second-order valence-electron chi connectivity index (χ2n) is 5.11. The van der Waals surface area contributed by atoms with E-state index in [9.17, 15) is 0 Å². The molecule has 2 aromatic carbocycles. The Balaban J connectivity index is 1.65. The fraction of sp³-hybridized carbons (Fsp3) is 0.188. The molecule has 0 atom stereocenters. The first kappa shape index (κ1) is 17.3. The smallest absolute Gasteiger partial charge is 0.263 e. The molecule has 3 aromatic rings. The lowest BCUT2D eigenvalue weighted by molar-refractivity contribution is 0.284. The number of rotatable bonds is 7. The Morgan fingerprint density at radius 2 is 1.88 bits per heavy atom. The molecule has 1 aromatic heterocycles. The maximum atomic E-state index is 6.02. The Morgan fingerprint density at radius 1 is 1.04 bits per heavy atom. The van der Waals surface area contributed by atoms with Crippen molar-refractivity contribution in [2.45, 2.75) is 13.2 Å². The normalized spacial score (nSPS) is 10.5. The van der Waals surface area contributed by atoms with Gasteiger partial charge in [-0.15, -0.1) is 5.10 Å². The first-order chi connectivity index (χ1) is 12.2. The molecule has 130 valence electrons. The number of tetrazole rings is 1. The van der Waals surface area contributed by atoms with Crippen LogP contribution >= 0.6 is 23.2 Å². The summed E-state index contributed by atoms with van der Waals surface area (Å²) in [7, 11) is 1.59. The van der Waals surface area contributed by atoms with Crippen molar-refractivity contribution in [3.63, 3.8) is 0 Å². The predicted molar refractivity (Wildman–Crippen MR) is 95.3 cm³/mol. The van der Waals surface area contributed by atoms with Crippen LogP contribution < -0.4 is 14.8 Å². The summed E-state index contributed by atoms with van der Waals surface area (Å²) in [6.45, 7) is 0.886. The van der Waals surface area contributed by atoms with E-state index in [0.717, 1.165) is 11.1 Å². The molecule has 0 aliphatic rings. The quantitative estimate of drug-likeness (QED) is 0.650. The lowest BCUT2D eigenvalue weighted by Gasteiger charge is -2.13. The number of anilines is 1. The van der Waals surface area contributed by atoms with Gasteiger partial charge in [0.2, 0.25) is 0 Å². The molecule has 3 rings (SSSR count). The number of aromatic nitrogens is 4. The third-order valence-electron chi connectivity index (χ3n) is 3.40. The summed E-state index contributed by atoms with van der Waals surface area (Å²) in [5.41, 5.74) is 1.91. The number of benzene rings is 2. The van der Waals surface area contributed by atoms with E-state index >= 15 is 0 Å². The van der Waals surface area contributed by atoms with Crippen LogP contribution in [0.3, 0.4) is 0 Å². The predicted octanol–water partition coefficient (Wildman–Crippen LogP) is 3.71. The van der Waals surface area contributed by atoms with E-state index in [4.69, 9.17) is 32.7 Å². The molecule has 0 aliphatic carbocycles. The fourth-order valence-corrected chi connectivity index (χ4v) is 2.47. The zero-order valence-electron chi connectivity index (χ0n) is 13.3. The molecule has 0 saturated carbocycles. The van der Waals surface area contributed by atoms with Gasteiger partial charge in [0, 0.05) is 6.54 Å². The lowest BCUT2D eigenvalue weighted by atomic mass is 10.2. The van der Waals surface area contributed by atoms with Gasteiger partial charge in [0.05, 0.1) is 17.2 Å². The van der Waals surface area contributed by atoms with E-state index in [1.807, 2.05) is 24.3 Å². The van der Waals surface area contributed by atoms with Gasteiger partial charge in [0.15, 0.2) is 11.5 Å². The number of methoxy groups -OCH3 is 1. The molecule has 0 spiro atoms. The zero-order chi connectivity index (χ0) is 17.6. The third kappa shape index (κ3) is 4.52. The largest absolute Gasteiger partial charge is 0.493 e. The van der Waals surface area contributed by atoms with Crippen molar-refractivity contribution in [1.29, 1.82) is 0 Å². The van der Waals surface area contributed by atoms with Crippen LogP contribution in [0.15, 0.2) is 36.4 Å². The van der Waals surface area contributed by atoms with Crippen molar-refractivity contribution in [2.75, 3.05) is 12.4 Å². The van der Waals surface area contributed by atoms with Crippen LogP contribution in [-0.4, -0.2) is 27.7 Å². The topological polar surface area (TPSA) is 85.0 Å². The Labute approximate surface area is 154 Å². The Hall–Kier alpha value is -2.51. The molecule has 0 fully saturated rings. The molecule has 0 bridgehead atoms. The second-order valence-corrected chi connectivity index (χ2v) is 5.93. The van der Waals surface area contributed by atoms with Crippen LogP contribution in [0, 0.1) is 0 Å². The number of aromatic amines is 1. The number of nitrogens with zero attached hydrogens (tertiary/aromatic N) is 3. The van der Waals surface area contributed by atoms with Gasteiger partial charge in [-0.1, -0.05) is 40.4 Å².